The maximum atomic E-state index is 13.3. The molecule has 1 aliphatic heterocycles. The molecule has 8 heteroatoms. The monoisotopic (exact) mass is 475 g/mol. The number of nitrogens with zero attached hydrogens (tertiary/aromatic N) is 2. The van der Waals surface area contributed by atoms with E-state index in [1.807, 2.05) is 30.3 Å². The molecule has 6 nitrogen and oxygen atoms in total. The number of carbonyl (C=O) groups is 3. The van der Waals surface area contributed by atoms with E-state index >= 15 is 0 Å². The Morgan fingerprint density at radius 2 is 1.68 bits per heavy atom. The SMILES string of the molecule is CC(=O)c1ccc(NC(=O)CC2SC(=Nc3ccccc3)N(Cc3ccc(F)cc3)C2=O)cc1. The van der Waals surface area contributed by atoms with Gasteiger partial charge >= 0.3 is 0 Å². The number of benzene rings is 3. The molecule has 1 atom stereocenters. The molecule has 34 heavy (non-hydrogen) atoms. The van der Waals surface area contributed by atoms with Gasteiger partial charge in [-0.05, 0) is 61.0 Å². The van der Waals surface area contributed by atoms with Gasteiger partial charge in [0.2, 0.25) is 11.8 Å². The third-order valence-corrected chi connectivity index (χ3v) is 6.38. The third-order valence-electron chi connectivity index (χ3n) is 5.20. The minimum atomic E-state index is -0.639. The molecule has 1 fully saturated rings. The van der Waals surface area contributed by atoms with Gasteiger partial charge in [-0.3, -0.25) is 19.3 Å². The molecule has 3 aromatic carbocycles. The number of anilines is 1. The van der Waals surface area contributed by atoms with Crippen molar-refractivity contribution in [2.45, 2.75) is 25.1 Å². The van der Waals surface area contributed by atoms with Crippen molar-refractivity contribution in [3.8, 4) is 0 Å². The normalized spacial score (nSPS) is 16.6. The van der Waals surface area contributed by atoms with Crippen LogP contribution in [0.1, 0.15) is 29.3 Å². The number of hydrogen-bond acceptors (Lipinski definition) is 5. The summed E-state index contributed by atoms with van der Waals surface area (Å²) in [4.78, 5) is 43.4. The van der Waals surface area contributed by atoms with Crippen molar-refractivity contribution in [2.75, 3.05) is 5.32 Å². The van der Waals surface area contributed by atoms with Gasteiger partial charge in [0.1, 0.15) is 11.1 Å². The molecule has 0 saturated carbocycles. The summed E-state index contributed by atoms with van der Waals surface area (Å²) >= 11 is 1.24. The first-order valence-corrected chi connectivity index (χ1v) is 11.5. The fraction of sp³-hybridized carbons (Fsp3) is 0.154. The zero-order valence-corrected chi connectivity index (χ0v) is 19.2. The molecule has 1 saturated heterocycles. The fourth-order valence-electron chi connectivity index (χ4n) is 3.42. The minimum absolute atomic E-state index is 0.0360. The predicted octanol–water partition coefficient (Wildman–Crippen LogP) is 5.19. The number of nitrogens with one attached hydrogen (secondary N) is 1. The number of hydrogen-bond donors (Lipinski definition) is 1. The van der Waals surface area contributed by atoms with Gasteiger partial charge in [-0.25, -0.2) is 9.38 Å². The molecule has 0 aliphatic carbocycles. The first-order valence-electron chi connectivity index (χ1n) is 10.7. The van der Waals surface area contributed by atoms with Crippen LogP contribution in [0, 0.1) is 5.82 Å². The summed E-state index contributed by atoms with van der Waals surface area (Å²) in [5.41, 5.74) is 2.55. The van der Waals surface area contributed by atoms with Crippen molar-refractivity contribution in [3.05, 3.63) is 95.8 Å². The lowest BCUT2D eigenvalue weighted by Gasteiger charge is -2.16. The van der Waals surface area contributed by atoms with Crippen molar-refractivity contribution in [2.24, 2.45) is 4.99 Å². The lowest BCUT2D eigenvalue weighted by atomic mass is 10.1. The number of rotatable bonds is 7. The number of amidine groups is 1. The van der Waals surface area contributed by atoms with Crippen LogP contribution in [-0.2, 0) is 16.1 Å². The van der Waals surface area contributed by atoms with Crippen LogP contribution in [0.2, 0.25) is 0 Å². The molecule has 0 spiro atoms. The quantitative estimate of drug-likeness (QED) is 0.477. The molecule has 1 aliphatic rings. The van der Waals surface area contributed by atoms with Crippen molar-refractivity contribution in [1.29, 1.82) is 0 Å². The maximum absolute atomic E-state index is 13.3. The molecule has 1 N–H and O–H groups in total. The molecular formula is C26H22FN3O3S. The molecular weight excluding hydrogens is 453 g/mol. The summed E-state index contributed by atoms with van der Waals surface area (Å²) in [5, 5.41) is 2.63. The highest BCUT2D eigenvalue weighted by Crippen LogP contribution is 2.33. The molecule has 1 heterocycles. The minimum Gasteiger partial charge on any atom is -0.326 e. The van der Waals surface area contributed by atoms with Gasteiger partial charge in [0.05, 0.1) is 12.2 Å². The van der Waals surface area contributed by atoms with Crippen LogP contribution < -0.4 is 5.32 Å². The summed E-state index contributed by atoms with van der Waals surface area (Å²) in [7, 11) is 0. The van der Waals surface area contributed by atoms with Crippen LogP contribution in [0.4, 0.5) is 15.8 Å². The molecule has 0 bridgehead atoms. The number of halogens is 1. The molecule has 172 valence electrons. The highest BCUT2D eigenvalue weighted by molar-refractivity contribution is 8.15. The summed E-state index contributed by atoms with van der Waals surface area (Å²) in [6.45, 7) is 1.70. The predicted molar refractivity (Wildman–Crippen MR) is 132 cm³/mol. The Labute approximate surface area is 200 Å². The van der Waals surface area contributed by atoms with E-state index in [1.54, 1.807) is 36.4 Å². The number of Topliss-reactive ketones (excluding diaryl/α,β-unsaturated/α-hetero) is 1. The van der Waals surface area contributed by atoms with Crippen LogP contribution >= 0.6 is 11.8 Å². The van der Waals surface area contributed by atoms with Gasteiger partial charge in [0.15, 0.2) is 11.0 Å². The van der Waals surface area contributed by atoms with Gasteiger partial charge in [-0.2, -0.15) is 0 Å². The maximum Gasteiger partial charge on any atom is 0.242 e. The van der Waals surface area contributed by atoms with Gasteiger partial charge in [0, 0.05) is 17.7 Å². The molecule has 0 radical (unpaired) electrons. The molecule has 1 unspecified atom stereocenters. The largest absolute Gasteiger partial charge is 0.326 e. The first kappa shape index (κ1) is 23.4. The second kappa shape index (κ2) is 10.4. The van der Waals surface area contributed by atoms with Crippen molar-refractivity contribution < 1.29 is 18.8 Å². The number of aliphatic imine (C=N–C) groups is 1. The zero-order chi connectivity index (χ0) is 24.1. The van der Waals surface area contributed by atoms with Crippen molar-refractivity contribution >= 4 is 45.9 Å². The Morgan fingerprint density at radius 1 is 1.00 bits per heavy atom. The van der Waals surface area contributed by atoms with Crippen LogP contribution in [0.3, 0.4) is 0 Å². The number of ketones is 1. The number of carbonyl (C=O) groups excluding carboxylic acids is 3. The van der Waals surface area contributed by atoms with E-state index in [0.29, 0.717) is 22.1 Å². The number of amides is 2. The van der Waals surface area contributed by atoms with Crippen LogP contribution in [0.5, 0.6) is 0 Å². The van der Waals surface area contributed by atoms with Gasteiger partial charge in [-0.15, -0.1) is 0 Å². The van der Waals surface area contributed by atoms with Gasteiger partial charge in [-0.1, -0.05) is 42.1 Å². The average Bonchev–Trinajstić information content (AvgIpc) is 3.10. The third kappa shape index (κ3) is 5.77. The zero-order valence-electron chi connectivity index (χ0n) is 18.4. The van der Waals surface area contributed by atoms with E-state index < -0.39 is 5.25 Å². The second-order valence-electron chi connectivity index (χ2n) is 7.77. The second-order valence-corrected chi connectivity index (χ2v) is 8.94. The van der Waals surface area contributed by atoms with Gasteiger partial charge in [0.25, 0.3) is 0 Å². The number of para-hydroxylation sites is 1. The lowest BCUT2D eigenvalue weighted by molar-refractivity contribution is -0.128. The standard InChI is InChI=1S/C26H22FN3O3S/c1-17(31)19-9-13-22(14-10-19)28-24(32)15-23-25(33)30(16-18-7-11-20(27)12-8-18)26(34-23)29-21-5-3-2-4-6-21/h2-14,23H,15-16H2,1H3,(H,28,32). The summed E-state index contributed by atoms with van der Waals surface area (Å²) < 4.78 is 13.3. The molecule has 4 rings (SSSR count). The summed E-state index contributed by atoms with van der Waals surface area (Å²) in [6, 6.07) is 21.8. The summed E-state index contributed by atoms with van der Waals surface area (Å²) in [5.74, 6) is -0.956. The smallest absolute Gasteiger partial charge is 0.242 e. The Morgan fingerprint density at radius 3 is 2.32 bits per heavy atom. The van der Waals surface area contributed by atoms with Crippen LogP contribution in [0.15, 0.2) is 83.9 Å². The fourth-order valence-corrected chi connectivity index (χ4v) is 4.58. The van der Waals surface area contributed by atoms with Crippen molar-refractivity contribution in [1.82, 2.24) is 4.90 Å². The Kier molecular flexibility index (Phi) is 7.18. The highest BCUT2D eigenvalue weighted by atomic mass is 32.2. The van der Waals surface area contributed by atoms with E-state index in [9.17, 15) is 18.8 Å². The molecule has 2 amide bonds. The van der Waals surface area contributed by atoms with Crippen LogP contribution in [0.25, 0.3) is 0 Å². The Bertz CT molecular complexity index is 1230. The van der Waals surface area contributed by atoms with Gasteiger partial charge < -0.3 is 5.32 Å². The van der Waals surface area contributed by atoms with Crippen molar-refractivity contribution in [3.63, 3.8) is 0 Å². The Balaban J connectivity index is 1.50. The average molecular weight is 476 g/mol. The molecule has 3 aromatic rings. The van der Waals surface area contributed by atoms with E-state index in [2.05, 4.69) is 10.3 Å². The topological polar surface area (TPSA) is 78.8 Å². The van der Waals surface area contributed by atoms with E-state index in [1.165, 1.54) is 35.7 Å². The lowest BCUT2D eigenvalue weighted by Crippen LogP contribution is -2.33. The van der Waals surface area contributed by atoms with E-state index in [-0.39, 0.29) is 36.4 Å². The van der Waals surface area contributed by atoms with Crippen LogP contribution in [-0.4, -0.2) is 32.9 Å². The summed E-state index contributed by atoms with van der Waals surface area (Å²) in [6.07, 6.45) is -0.0360. The Hall–Kier alpha value is -3.78. The molecule has 0 aromatic heterocycles. The first-order chi connectivity index (χ1) is 16.4. The number of thioether (sulfide) groups is 1. The highest BCUT2D eigenvalue weighted by Gasteiger charge is 2.39. The van der Waals surface area contributed by atoms with E-state index in [4.69, 9.17) is 0 Å². The van der Waals surface area contributed by atoms with E-state index in [0.717, 1.165) is 5.56 Å².